The highest BCUT2D eigenvalue weighted by atomic mass is 19.1. The predicted molar refractivity (Wildman–Crippen MR) is 136 cm³/mol. The van der Waals surface area contributed by atoms with Crippen molar-refractivity contribution in [1.82, 2.24) is 24.7 Å². The number of aromatic nitrogens is 5. The van der Waals surface area contributed by atoms with Crippen LogP contribution in [0.2, 0.25) is 0 Å². The van der Waals surface area contributed by atoms with Crippen molar-refractivity contribution in [3.05, 3.63) is 88.1 Å². The van der Waals surface area contributed by atoms with Crippen molar-refractivity contribution in [3.63, 3.8) is 0 Å². The number of benzene rings is 2. The van der Waals surface area contributed by atoms with Gasteiger partial charge in [0.05, 0.1) is 14.2 Å². The van der Waals surface area contributed by atoms with Crippen molar-refractivity contribution in [1.29, 1.82) is 5.41 Å². The Morgan fingerprint density at radius 1 is 1.18 bits per heavy atom. The number of nitrogen functional groups attached to an aromatic ring is 1. The quantitative estimate of drug-likeness (QED) is 0.168. The number of amidine groups is 1. The molecule has 38 heavy (non-hydrogen) atoms. The highest BCUT2D eigenvalue weighted by Gasteiger charge is 2.26. The molecule has 0 amide bonds. The molecule has 0 saturated heterocycles. The van der Waals surface area contributed by atoms with Gasteiger partial charge in [-0.2, -0.15) is 0 Å². The van der Waals surface area contributed by atoms with E-state index in [-0.39, 0.29) is 28.9 Å². The van der Waals surface area contributed by atoms with Crippen molar-refractivity contribution in [2.45, 2.75) is 13.0 Å². The molecule has 0 fully saturated rings. The zero-order valence-corrected chi connectivity index (χ0v) is 20.6. The maximum absolute atomic E-state index is 15.4. The van der Waals surface area contributed by atoms with E-state index in [9.17, 15) is 4.79 Å². The summed E-state index contributed by atoms with van der Waals surface area (Å²) in [7, 11) is 2.79. The second kappa shape index (κ2) is 12.1. The molecule has 1 atom stereocenters. The summed E-state index contributed by atoms with van der Waals surface area (Å²) < 4.78 is 26.9. The minimum atomic E-state index is -0.968. The monoisotopic (exact) mass is 524 g/mol. The van der Waals surface area contributed by atoms with Gasteiger partial charge in [0.15, 0.2) is 17.4 Å². The number of carboxylic acids is 1. The summed E-state index contributed by atoms with van der Waals surface area (Å²) in [6.07, 6.45) is 2.95. The van der Waals surface area contributed by atoms with Crippen LogP contribution in [0.25, 0.3) is 5.95 Å². The Morgan fingerprint density at radius 3 is 2.37 bits per heavy atom. The molecule has 0 aliphatic carbocycles. The van der Waals surface area contributed by atoms with Crippen LogP contribution in [-0.4, -0.2) is 55.9 Å². The van der Waals surface area contributed by atoms with E-state index in [2.05, 4.69) is 25.4 Å². The number of nitrogens with two attached hydrogens (primary N) is 1. The van der Waals surface area contributed by atoms with E-state index < -0.39 is 23.5 Å². The molecule has 1 unspecified atom stereocenters. The molecule has 6 N–H and O–H groups in total. The van der Waals surface area contributed by atoms with E-state index in [1.165, 1.54) is 38.7 Å². The number of H-pyrrole nitrogens is 1. The number of carbonyl (C=O) groups is 1. The Labute approximate surface area is 215 Å². The largest absolute Gasteiger partial charge is 0.497 e. The van der Waals surface area contributed by atoms with Gasteiger partial charge < -0.3 is 25.6 Å². The SMILES string of the molecule is CC(=O)O.COc1cc(OC)c(F)c(C(Nc2ccc(C(=N)N)cc2)c2nn(-c3ncccn3)c(=O)[nH]2)c1. The van der Waals surface area contributed by atoms with E-state index in [1.807, 2.05) is 0 Å². The first-order valence-corrected chi connectivity index (χ1v) is 10.9. The molecular weight excluding hydrogens is 499 g/mol. The molecule has 2 aromatic heterocycles. The molecule has 13 nitrogen and oxygen atoms in total. The lowest BCUT2D eigenvalue weighted by atomic mass is 10.0. The smallest absolute Gasteiger partial charge is 0.350 e. The van der Waals surface area contributed by atoms with Gasteiger partial charge in [-0.05, 0) is 36.4 Å². The fraction of sp³-hybridized carbons (Fsp3) is 0.167. The fourth-order valence-electron chi connectivity index (χ4n) is 3.28. The normalized spacial score (nSPS) is 11.1. The van der Waals surface area contributed by atoms with E-state index in [4.69, 9.17) is 30.5 Å². The van der Waals surface area contributed by atoms with Crippen LogP contribution < -0.4 is 26.2 Å². The Balaban J connectivity index is 0.000000934. The standard InChI is InChI=1S/C22H21FN8O3.C2H4O2/c1-33-14-10-15(17(23)16(11-14)34-2)18(28-13-6-4-12(5-7-13)19(24)25)20-29-22(32)31(30-20)21-26-8-3-9-27-21;1-2(3)4/h3-11,18,28H,1-2H3,(H3,24,25)(H,29,30,32);1H3,(H,3,4). The van der Waals surface area contributed by atoms with Crippen molar-refractivity contribution in [2.75, 3.05) is 19.5 Å². The summed E-state index contributed by atoms with van der Waals surface area (Å²) in [5.41, 5.74) is 6.12. The number of methoxy groups -OCH3 is 2. The van der Waals surface area contributed by atoms with Crippen LogP contribution in [0.15, 0.2) is 59.7 Å². The summed E-state index contributed by atoms with van der Waals surface area (Å²) in [6, 6.07) is 10.2. The highest BCUT2D eigenvalue weighted by molar-refractivity contribution is 5.95. The lowest BCUT2D eigenvalue weighted by Crippen LogP contribution is -2.18. The molecule has 4 aromatic rings. The number of nitrogens with one attached hydrogen (secondary N) is 3. The molecule has 0 radical (unpaired) electrons. The van der Waals surface area contributed by atoms with E-state index in [0.717, 1.165) is 11.6 Å². The van der Waals surface area contributed by atoms with Crippen LogP contribution in [0, 0.1) is 11.2 Å². The number of hydrogen-bond acceptors (Lipinski definition) is 9. The lowest BCUT2D eigenvalue weighted by Gasteiger charge is -2.20. The van der Waals surface area contributed by atoms with Gasteiger partial charge in [0, 0.05) is 42.2 Å². The molecule has 2 aromatic carbocycles. The predicted octanol–water partition coefficient (Wildman–Crippen LogP) is 2.08. The van der Waals surface area contributed by atoms with Crippen LogP contribution >= 0.6 is 0 Å². The van der Waals surface area contributed by atoms with Crippen molar-refractivity contribution >= 4 is 17.5 Å². The maximum atomic E-state index is 15.4. The third-order valence-corrected chi connectivity index (χ3v) is 4.96. The topological polar surface area (TPSA) is 194 Å². The van der Waals surface area contributed by atoms with Crippen LogP contribution in [0.1, 0.15) is 29.9 Å². The number of halogens is 1. The molecule has 0 bridgehead atoms. The van der Waals surface area contributed by atoms with Crippen molar-refractivity contribution in [3.8, 4) is 17.4 Å². The Bertz CT molecular complexity index is 1470. The minimum absolute atomic E-state index is 0.0405. The molecule has 0 aliphatic heterocycles. The Morgan fingerprint density at radius 2 is 1.82 bits per heavy atom. The van der Waals surface area contributed by atoms with Crippen LogP contribution in [0.5, 0.6) is 11.5 Å². The van der Waals surface area contributed by atoms with Gasteiger partial charge in [-0.25, -0.2) is 19.2 Å². The number of aromatic amines is 1. The summed E-state index contributed by atoms with van der Waals surface area (Å²) in [5, 5.41) is 22.4. The van der Waals surface area contributed by atoms with Crippen LogP contribution in [0.4, 0.5) is 10.1 Å². The fourth-order valence-corrected chi connectivity index (χ4v) is 3.28. The molecule has 198 valence electrons. The summed E-state index contributed by atoms with van der Waals surface area (Å²) in [4.78, 5) is 32.4. The zero-order chi connectivity index (χ0) is 27.8. The number of nitrogens with zero attached hydrogens (tertiary/aromatic N) is 4. The second-order valence-corrected chi connectivity index (χ2v) is 7.60. The van der Waals surface area contributed by atoms with E-state index in [1.54, 1.807) is 30.3 Å². The van der Waals surface area contributed by atoms with Gasteiger partial charge in [0.1, 0.15) is 17.6 Å². The van der Waals surface area contributed by atoms with E-state index >= 15 is 4.39 Å². The van der Waals surface area contributed by atoms with Gasteiger partial charge in [-0.3, -0.25) is 15.2 Å². The zero-order valence-electron chi connectivity index (χ0n) is 20.6. The molecule has 14 heteroatoms. The number of ether oxygens (including phenoxy) is 2. The van der Waals surface area contributed by atoms with Crippen LogP contribution in [-0.2, 0) is 4.79 Å². The molecular formula is C24H25FN8O5. The molecule has 2 heterocycles. The number of aliphatic carboxylic acids is 1. The minimum Gasteiger partial charge on any atom is -0.497 e. The van der Waals surface area contributed by atoms with Crippen molar-refractivity contribution < 1.29 is 23.8 Å². The first kappa shape index (κ1) is 27.3. The summed E-state index contributed by atoms with van der Waals surface area (Å²) in [6.45, 7) is 1.08. The highest BCUT2D eigenvalue weighted by Crippen LogP contribution is 2.34. The number of carboxylic acid groups (broad SMARTS) is 1. The molecule has 0 saturated carbocycles. The summed E-state index contributed by atoms with van der Waals surface area (Å²) >= 11 is 0. The first-order chi connectivity index (χ1) is 18.1. The summed E-state index contributed by atoms with van der Waals surface area (Å²) in [5.74, 6) is -1.11. The third kappa shape index (κ3) is 6.48. The second-order valence-electron chi connectivity index (χ2n) is 7.60. The number of anilines is 1. The molecule has 4 rings (SSSR count). The molecule has 0 aliphatic rings. The Kier molecular flexibility index (Phi) is 8.71. The first-order valence-electron chi connectivity index (χ1n) is 10.9. The third-order valence-electron chi connectivity index (χ3n) is 4.96. The Hall–Kier alpha value is -5.27. The average molecular weight is 525 g/mol. The van der Waals surface area contributed by atoms with Crippen LogP contribution in [0.3, 0.4) is 0 Å². The van der Waals surface area contributed by atoms with E-state index in [0.29, 0.717) is 17.0 Å². The molecule has 0 spiro atoms. The number of rotatable bonds is 8. The van der Waals surface area contributed by atoms with Crippen molar-refractivity contribution in [2.24, 2.45) is 5.73 Å². The van der Waals surface area contributed by atoms with Gasteiger partial charge in [-0.1, -0.05) is 0 Å². The van der Waals surface area contributed by atoms with Gasteiger partial charge in [-0.15, -0.1) is 9.78 Å². The number of hydrogen-bond donors (Lipinski definition) is 5. The van der Waals surface area contributed by atoms with Gasteiger partial charge >= 0.3 is 5.69 Å². The van der Waals surface area contributed by atoms with Gasteiger partial charge in [0.25, 0.3) is 11.9 Å². The van der Waals surface area contributed by atoms with Gasteiger partial charge in [0.2, 0.25) is 0 Å². The average Bonchev–Trinajstić information content (AvgIpc) is 3.29. The maximum Gasteiger partial charge on any atom is 0.350 e. The lowest BCUT2D eigenvalue weighted by molar-refractivity contribution is -0.134.